The number of aliphatic hydroxyl groups is 2. The van der Waals surface area contributed by atoms with Crippen molar-refractivity contribution in [3.8, 4) is 0 Å². The van der Waals surface area contributed by atoms with Crippen LogP contribution in [0.4, 0.5) is 0 Å². The van der Waals surface area contributed by atoms with Crippen molar-refractivity contribution in [3.63, 3.8) is 0 Å². The summed E-state index contributed by atoms with van der Waals surface area (Å²) in [6.45, 7) is 3.88. The standard InChI is InChI=1S/C11H22O4/c1-3-9-6-10(9)11(14-7-13)15-8(2)4-5-12/h8-13H,3-7H2,1-2H3. The van der Waals surface area contributed by atoms with E-state index in [1.165, 1.54) is 0 Å². The Morgan fingerprint density at radius 2 is 2.13 bits per heavy atom. The first-order valence-corrected chi connectivity index (χ1v) is 5.71. The minimum atomic E-state index is -0.304. The van der Waals surface area contributed by atoms with Crippen LogP contribution in [-0.2, 0) is 9.47 Å². The van der Waals surface area contributed by atoms with E-state index in [-0.39, 0.29) is 25.8 Å². The number of hydrogen-bond acceptors (Lipinski definition) is 4. The molecule has 0 aromatic rings. The number of aliphatic hydroxyl groups excluding tert-OH is 2. The Bertz CT molecular complexity index is 174. The number of hydrogen-bond donors (Lipinski definition) is 2. The summed E-state index contributed by atoms with van der Waals surface area (Å²) in [4.78, 5) is 0. The van der Waals surface area contributed by atoms with E-state index in [4.69, 9.17) is 19.7 Å². The summed E-state index contributed by atoms with van der Waals surface area (Å²) >= 11 is 0. The lowest BCUT2D eigenvalue weighted by atomic mass is 10.2. The lowest BCUT2D eigenvalue weighted by Gasteiger charge is -2.21. The Morgan fingerprint density at radius 1 is 1.40 bits per heavy atom. The van der Waals surface area contributed by atoms with Gasteiger partial charge in [-0.3, -0.25) is 0 Å². The van der Waals surface area contributed by atoms with Gasteiger partial charge < -0.3 is 19.7 Å². The van der Waals surface area contributed by atoms with E-state index in [1.807, 2.05) is 6.92 Å². The highest BCUT2D eigenvalue weighted by atomic mass is 16.7. The largest absolute Gasteiger partial charge is 0.396 e. The predicted molar refractivity (Wildman–Crippen MR) is 56.1 cm³/mol. The van der Waals surface area contributed by atoms with Crippen molar-refractivity contribution >= 4 is 0 Å². The van der Waals surface area contributed by atoms with Gasteiger partial charge >= 0.3 is 0 Å². The van der Waals surface area contributed by atoms with Crippen molar-refractivity contribution in [2.75, 3.05) is 13.4 Å². The Balaban J connectivity index is 2.31. The molecule has 0 aliphatic heterocycles. The fourth-order valence-corrected chi connectivity index (χ4v) is 1.89. The summed E-state index contributed by atoms with van der Waals surface area (Å²) in [6.07, 6.45) is 2.53. The highest BCUT2D eigenvalue weighted by Crippen LogP contribution is 2.45. The topological polar surface area (TPSA) is 58.9 Å². The van der Waals surface area contributed by atoms with Crippen LogP contribution in [0.15, 0.2) is 0 Å². The van der Waals surface area contributed by atoms with Crippen LogP contribution in [0.5, 0.6) is 0 Å². The lowest BCUT2D eigenvalue weighted by molar-refractivity contribution is -0.212. The molecule has 1 rings (SSSR count). The average molecular weight is 218 g/mol. The number of rotatable bonds is 8. The van der Waals surface area contributed by atoms with Crippen LogP contribution in [-0.4, -0.2) is 36.0 Å². The Labute approximate surface area is 91.2 Å². The van der Waals surface area contributed by atoms with E-state index < -0.39 is 0 Å². The predicted octanol–water partition coefficient (Wildman–Crippen LogP) is 1.11. The van der Waals surface area contributed by atoms with E-state index in [0.717, 1.165) is 12.8 Å². The summed E-state index contributed by atoms with van der Waals surface area (Å²) < 4.78 is 10.8. The van der Waals surface area contributed by atoms with Gasteiger partial charge in [-0.1, -0.05) is 13.3 Å². The molecule has 0 saturated heterocycles. The highest BCUT2D eigenvalue weighted by Gasteiger charge is 2.43. The third-order valence-corrected chi connectivity index (χ3v) is 2.99. The summed E-state index contributed by atoms with van der Waals surface area (Å²) in [6, 6.07) is 0. The molecular weight excluding hydrogens is 196 g/mol. The average Bonchev–Trinajstić information content (AvgIpc) is 2.96. The summed E-state index contributed by atoms with van der Waals surface area (Å²) in [5.41, 5.74) is 0. The fourth-order valence-electron chi connectivity index (χ4n) is 1.89. The second kappa shape index (κ2) is 6.43. The molecule has 0 heterocycles. The van der Waals surface area contributed by atoms with Crippen LogP contribution < -0.4 is 0 Å². The molecule has 1 saturated carbocycles. The Hall–Kier alpha value is -0.160. The molecule has 0 aromatic heterocycles. The molecule has 90 valence electrons. The van der Waals surface area contributed by atoms with Crippen LogP contribution in [0, 0.1) is 11.8 Å². The lowest BCUT2D eigenvalue weighted by Crippen LogP contribution is -2.26. The fraction of sp³-hybridized carbons (Fsp3) is 1.00. The molecular formula is C11H22O4. The molecule has 0 amide bonds. The van der Waals surface area contributed by atoms with Gasteiger partial charge in [0.1, 0.15) is 6.79 Å². The molecule has 0 radical (unpaired) electrons. The van der Waals surface area contributed by atoms with Crippen LogP contribution in [0.1, 0.15) is 33.1 Å². The Morgan fingerprint density at radius 3 is 2.60 bits per heavy atom. The summed E-state index contributed by atoms with van der Waals surface area (Å²) in [7, 11) is 0. The van der Waals surface area contributed by atoms with E-state index >= 15 is 0 Å². The van der Waals surface area contributed by atoms with Gasteiger partial charge in [0, 0.05) is 12.5 Å². The SMILES string of the molecule is CCC1CC1C(OCO)OC(C)CCO. The van der Waals surface area contributed by atoms with Gasteiger partial charge in [0.2, 0.25) is 0 Å². The second-order valence-electron chi connectivity index (χ2n) is 4.19. The molecule has 4 unspecified atom stereocenters. The molecule has 0 spiro atoms. The van der Waals surface area contributed by atoms with Gasteiger partial charge in [0.25, 0.3) is 0 Å². The highest BCUT2D eigenvalue weighted by molar-refractivity contribution is 4.88. The smallest absolute Gasteiger partial charge is 0.163 e. The quantitative estimate of drug-likeness (QED) is 0.599. The van der Waals surface area contributed by atoms with Crippen molar-refractivity contribution in [2.24, 2.45) is 11.8 Å². The molecule has 2 N–H and O–H groups in total. The zero-order valence-corrected chi connectivity index (χ0v) is 9.56. The molecule has 4 nitrogen and oxygen atoms in total. The molecule has 0 bridgehead atoms. The molecule has 0 aromatic carbocycles. The molecule has 15 heavy (non-hydrogen) atoms. The van der Waals surface area contributed by atoms with Crippen LogP contribution >= 0.6 is 0 Å². The molecule has 1 aliphatic carbocycles. The van der Waals surface area contributed by atoms with E-state index in [1.54, 1.807) is 0 Å². The van der Waals surface area contributed by atoms with Gasteiger partial charge in [-0.2, -0.15) is 0 Å². The maximum absolute atomic E-state index is 8.76. The zero-order chi connectivity index (χ0) is 11.3. The zero-order valence-electron chi connectivity index (χ0n) is 9.56. The van der Waals surface area contributed by atoms with E-state index in [9.17, 15) is 0 Å². The van der Waals surface area contributed by atoms with Crippen LogP contribution in [0.2, 0.25) is 0 Å². The molecule has 4 heteroatoms. The monoisotopic (exact) mass is 218 g/mol. The minimum Gasteiger partial charge on any atom is -0.396 e. The van der Waals surface area contributed by atoms with Gasteiger partial charge in [-0.05, 0) is 25.7 Å². The third kappa shape index (κ3) is 4.07. The normalized spacial score (nSPS) is 28.8. The van der Waals surface area contributed by atoms with Crippen molar-refractivity contribution < 1.29 is 19.7 Å². The van der Waals surface area contributed by atoms with Crippen LogP contribution in [0.3, 0.4) is 0 Å². The second-order valence-corrected chi connectivity index (χ2v) is 4.19. The van der Waals surface area contributed by atoms with Gasteiger partial charge in [-0.15, -0.1) is 0 Å². The van der Waals surface area contributed by atoms with Crippen molar-refractivity contribution in [1.82, 2.24) is 0 Å². The van der Waals surface area contributed by atoms with Gasteiger partial charge in [-0.25, -0.2) is 0 Å². The van der Waals surface area contributed by atoms with Crippen molar-refractivity contribution in [2.45, 2.75) is 45.5 Å². The van der Waals surface area contributed by atoms with E-state index in [0.29, 0.717) is 18.3 Å². The van der Waals surface area contributed by atoms with Crippen LogP contribution in [0.25, 0.3) is 0 Å². The summed E-state index contributed by atoms with van der Waals surface area (Å²) in [5.74, 6) is 1.09. The summed E-state index contributed by atoms with van der Waals surface area (Å²) in [5, 5.41) is 17.5. The van der Waals surface area contributed by atoms with Crippen molar-refractivity contribution in [1.29, 1.82) is 0 Å². The first-order chi connectivity index (χ1) is 7.22. The number of ether oxygens (including phenoxy) is 2. The maximum Gasteiger partial charge on any atom is 0.163 e. The van der Waals surface area contributed by atoms with Crippen molar-refractivity contribution in [3.05, 3.63) is 0 Å². The minimum absolute atomic E-state index is 0.0235. The van der Waals surface area contributed by atoms with Gasteiger partial charge in [0.05, 0.1) is 6.10 Å². The first kappa shape index (κ1) is 12.9. The van der Waals surface area contributed by atoms with E-state index in [2.05, 4.69) is 6.92 Å². The first-order valence-electron chi connectivity index (χ1n) is 5.71. The molecule has 4 atom stereocenters. The van der Waals surface area contributed by atoms with Gasteiger partial charge in [0.15, 0.2) is 6.29 Å². The Kier molecular flexibility index (Phi) is 5.53. The molecule has 1 aliphatic rings. The molecule has 1 fully saturated rings. The third-order valence-electron chi connectivity index (χ3n) is 2.99. The maximum atomic E-state index is 8.76.